The van der Waals surface area contributed by atoms with E-state index in [0.717, 1.165) is 19.4 Å². The number of amides is 2. The van der Waals surface area contributed by atoms with Crippen LogP contribution in [0.3, 0.4) is 0 Å². The molecule has 1 fully saturated rings. The van der Waals surface area contributed by atoms with Crippen molar-refractivity contribution in [2.75, 3.05) is 6.54 Å². The van der Waals surface area contributed by atoms with Gasteiger partial charge < -0.3 is 4.90 Å². The molecule has 80 valence electrons. The van der Waals surface area contributed by atoms with Gasteiger partial charge in [0.1, 0.15) is 5.84 Å². The van der Waals surface area contributed by atoms with Crippen molar-refractivity contribution < 1.29 is 4.79 Å². The van der Waals surface area contributed by atoms with E-state index in [1.807, 2.05) is 0 Å². The SMILES string of the molecule is CCCC1C(=N)NC(=O)N1CC(C)C. The Bertz CT molecular complexity index is 238. The second-order valence-electron chi connectivity index (χ2n) is 4.19. The number of nitrogens with one attached hydrogen (secondary N) is 2. The summed E-state index contributed by atoms with van der Waals surface area (Å²) in [4.78, 5) is 13.3. The highest BCUT2D eigenvalue weighted by Crippen LogP contribution is 2.15. The zero-order valence-electron chi connectivity index (χ0n) is 9.13. The van der Waals surface area contributed by atoms with Gasteiger partial charge in [0, 0.05) is 6.54 Å². The largest absolute Gasteiger partial charge is 0.323 e. The molecule has 0 bridgehead atoms. The van der Waals surface area contributed by atoms with Gasteiger partial charge in [0.25, 0.3) is 0 Å². The summed E-state index contributed by atoms with van der Waals surface area (Å²) in [5.41, 5.74) is 0. The minimum Gasteiger partial charge on any atom is -0.314 e. The Kier molecular flexibility index (Phi) is 3.49. The van der Waals surface area contributed by atoms with Crippen LogP contribution in [0.25, 0.3) is 0 Å². The molecule has 1 aliphatic heterocycles. The van der Waals surface area contributed by atoms with Crippen LogP contribution in [0.1, 0.15) is 33.6 Å². The summed E-state index contributed by atoms with van der Waals surface area (Å²) in [6, 6.07) is -0.128. The predicted molar refractivity (Wildman–Crippen MR) is 56.5 cm³/mol. The quantitative estimate of drug-likeness (QED) is 0.709. The second kappa shape index (κ2) is 4.44. The molecule has 2 N–H and O–H groups in total. The molecule has 1 heterocycles. The molecule has 0 aromatic carbocycles. The van der Waals surface area contributed by atoms with E-state index in [-0.39, 0.29) is 12.1 Å². The number of urea groups is 1. The van der Waals surface area contributed by atoms with Gasteiger partial charge in [0.15, 0.2) is 0 Å². The molecule has 1 unspecified atom stereocenters. The van der Waals surface area contributed by atoms with E-state index < -0.39 is 0 Å². The number of amidine groups is 1. The second-order valence-corrected chi connectivity index (χ2v) is 4.19. The highest BCUT2D eigenvalue weighted by atomic mass is 16.2. The van der Waals surface area contributed by atoms with Crippen LogP contribution in [0.4, 0.5) is 4.79 Å². The zero-order valence-corrected chi connectivity index (χ0v) is 9.13. The molecule has 14 heavy (non-hydrogen) atoms. The van der Waals surface area contributed by atoms with E-state index >= 15 is 0 Å². The maximum atomic E-state index is 11.5. The standard InChI is InChI=1S/C10H19N3O/c1-4-5-8-9(11)12-10(14)13(8)6-7(2)3/h7-8H,4-6H2,1-3H3,(H2,11,12,14). The molecule has 0 radical (unpaired) electrons. The maximum Gasteiger partial charge on any atom is 0.323 e. The molecule has 1 saturated heterocycles. The molecule has 1 rings (SSSR count). The summed E-state index contributed by atoms with van der Waals surface area (Å²) >= 11 is 0. The van der Waals surface area contributed by atoms with E-state index in [1.165, 1.54) is 0 Å². The van der Waals surface area contributed by atoms with Gasteiger partial charge in [-0.15, -0.1) is 0 Å². The van der Waals surface area contributed by atoms with Crippen molar-refractivity contribution >= 4 is 11.9 Å². The molecular weight excluding hydrogens is 178 g/mol. The predicted octanol–water partition coefficient (Wildman–Crippen LogP) is 1.81. The molecule has 2 amide bonds. The van der Waals surface area contributed by atoms with Crippen molar-refractivity contribution in [2.45, 2.75) is 39.7 Å². The smallest absolute Gasteiger partial charge is 0.314 e. The van der Waals surface area contributed by atoms with Gasteiger partial charge in [-0.2, -0.15) is 0 Å². The summed E-state index contributed by atoms with van der Waals surface area (Å²) in [6.45, 7) is 6.97. The molecule has 0 saturated carbocycles. The van der Waals surface area contributed by atoms with Crippen LogP contribution in [0.5, 0.6) is 0 Å². The Hall–Kier alpha value is -1.06. The van der Waals surface area contributed by atoms with Gasteiger partial charge in [0.05, 0.1) is 6.04 Å². The van der Waals surface area contributed by atoms with Crippen LogP contribution in [0.15, 0.2) is 0 Å². The number of carbonyl (C=O) groups excluding carboxylic acids is 1. The number of nitrogens with zero attached hydrogens (tertiary/aromatic N) is 1. The molecule has 0 aromatic heterocycles. The van der Waals surface area contributed by atoms with Crippen LogP contribution in [0.2, 0.25) is 0 Å². The summed E-state index contributed by atoms with van der Waals surface area (Å²) < 4.78 is 0. The molecule has 0 aromatic rings. The lowest BCUT2D eigenvalue weighted by molar-refractivity contribution is 0.195. The first-order valence-corrected chi connectivity index (χ1v) is 5.22. The Balaban J connectivity index is 2.67. The molecule has 1 atom stereocenters. The van der Waals surface area contributed by atoms with Crippen LogP contribution in [0, 0.1) is 11.3 Å². The van der Waals surface area contributed by atoms with Gasteiger partial charge in [0.2, 0.25) is 0 Å². The number of carbonyl (C=O) groups is 1. The molecule has 0 spiro atoms. The normalized spacial score (nSPS) is 22.0. The van der Waals surface area contributed by atoms with Gasteiger partial charge in [-0.3, -0.25) is 10.7 Å². The first-order valence-electron chi connectivity index (χ1n) is 5.22. The van der Waals surface area contributed by atoms with E-state index in [0.29, 0.717) is 11.8 Å². The minimum atomic E-state index is -0.109. The molecular formula is C10H19N3O. The van der Waals surface area contributed by atoms with Crippen molar-refractivity contribution in [3.63, 3.8) is 0 Å². The molecule has 0 aliphatic carbocycles. The van der Waals surface area contributed by atoms with Gasteiger partial charge in [-0.25, -0.2) is 4.79 Å². The highest BCUT2D eigenvalue weighted by molar-refractivity contribution is 6.05. The fraction of sp³-hybridized carbons (Fsp3) is 0.800. The Labute approximate surface area is 85.2 Å². The zero-order chi connectivity index (χ0) is 10.7. The third kappa shape index (κ3) is 2.25. The summed E-state index contributed by atoms with van der Waals surface area (Å²) in [5, 5.41) is 10.2. The van der Waals surface area contributed by atoms with Crippen molar-refractivity contribution in [3.8, 4) is 0 Å². The fourth-order valence-corrected chi connectivity index (χ4v) is 1.74. The lowest BCUT2D eigenvalue weighted by Gasteiger charge is -2.23. The van der Waals surface area contributed by atoms with Crippen LogP contribution in [-0.2, 0) is 0 Å². The molecule has 4 nitrogen and oxygen atoms in total. The van der Waals surface area contributed by atoms with Crippen LogP contribution >= 0.6 is 0 Å². The lowest BCUT2D eigenvalue weighted by atomic mass is 10.1. The Morgan fingerprint density at radius 3 is 2.71 bits per heavy atom. The van der Waals surface area contributed by atoms with Crippen molar-refractivity contribution in [3.05, 3.63) is 0 Å². The third-order valence-corrected chi connectivity index (χ3v) is 2.34. The average Bonchev–Trinajstić information content (AvgIpc) is 2.31. The van der Waals surface area contributed by atoms with Gasteiger partial charge in [-0.05, 0) is 12.3 Å². The van der Waals surface area contributed by atoms with E-state index in [1.54, 1.807) is 4.90 Å². The Morgan fingerprint density at radius 2 is 2.21 bits per heavy atom. The van der Waals surface area contributed by atoms with E-state index in [4.69, 9.17) is 5.41 Å². The lowest BCUT2D eigenvalue weighted by Crippen LogP contribution is -2.37. The Morgan fingerprint density at radius 1 is 1.57 bits per heavy atom. The molecule has 1 aliphatic rings. The van der Waals surface area contributed by atoms with Crippen LogP contribution < -0.4 is 5.32 Å². The first kappa shape index (κ1) is 11.0. The van der Waals surface area contributed by atoms with Crippen molar-refractivity contribution in [2.24, 2.45) is 5.92 Å². The number of hydrogen-bond donors (Lipinski definition) is 2. The third-order valence-electron chi connectivity index (χ3n) is 2.34. The fourth-order valence-electron chi connectivity index (χ4n) is 1.74. The summed E-state index contributed by atoms with van der Waals surface area (Å²) in [5.74, 6) is 0.809. The summed E-state index contributed by atoms with van der Waals surface area (Å²) in [7, 11) is 0. The number of rotatable bonds is 4. The summed E-state index contributed by atoms with van der Waals surface area (Å²) in [6.07, 6.45) is 1.88. The van der Waals surface area contributed by atoms with Crippen molar-refractivity contribution in [1.29, 1.82) is 5.41 Å². The minimum absolute atomic E-state index is 0.0186. The number of hydrogen-bond acceptors (Lipinski definition) is 2. The van der Waals surface area contributed by atoms with E-state index in [2.05, 4.69) is 26.1 Å². The van der Waals surface area contributed by atoms with E-state index in [9.17, 15) is 4.79 Å². The van der Waals surface area contributed by atoms with Gasteiger partial charge in [-0.1, -0.05) is 27.2 Å². The first-order chi connectivity index (χ1) is 6.56. The van der Waals surface area contributed by atoms with Crippen molar-refractivity contribution in [1.82, 2.24) is 10.2 Å². The average molecular weight is 197 g/mol. The molecule has 4 heteroatoms. The topological polar surface area (TPSA) is 56.2 Å². The monoisotopic (exact) mass is 197 g/mol. The van der Waals surface area contributed by atoms with Gasteiger partial charge >= 0.3 is 6.03 Å². The van der Waals surface area contributed by atoms with Crippen LogP contribution in [-0.4, -0.2) is 29.4 Å². The highest BCUT2D eigenvalue weighted by Gasteiger charge is 2.34. The maximum absolute atomic E-state index is 11.5.